The summed E-state index contributed by atoms with van der Waals surface area (Å²) in [5.74, 6) is -0.983. The van der Waals surface area contributed by atoms with Crippen LogP contribution in [0.2, 0.25) is 0 Å². The third-order valence-electron chi connectivity index (χ3n) is 5.09. The van der Waals surface area contributed by atoms with Gasteiger partial charge in [-0.05, 0) is 21.7 Å². The average molecular weight is 322 g/mol. The van der Waals surface area contributed by atoms with Crippen molar-refractivity contribution in [1.29, 1.82) is 0 Å². The van der Waals surface area contributed by atoms with Crippen molar-refractivity contribution >= 4 is 33.1 Å². The lowest BCUT2D eigenvalue weighted by molar-refractivity contribution is 0.0856. The molecule has 0 unspecified atom stereocenters. The number of fused-ring (bicyclic) bond motifs is 1. The van der Waals surface area contributed by atoms with Crippen LogP contribution in [0.3, 0.4) is 0 Å². The standard InChI is InChI=1S/C23H14O2/c24-22-18-12-4-8-15-9-5-13-19(20(15)18)23(25)21(22)17-11-3-7-14-6-1-2-10-16(14)17/h1-13,21H. The minimum atomic E-state index is -0.772. The lowest BCUT2D eigenvalue weighted by Gasteiger charge is -2.24. The van der Waals surface area contributed by atoms with Crippen molar-refractivity contribution < 1.29 is 9.59 Å². The molecular formula is C23H14O2. The summed E-state index contributed by atoms with van der Waals surface area (Å²) in [5, 5.41) is 3.73. The van der Waals surface area contributed by atoms with Crippen LogP contribution in [0, 0.1) is 0 Å². The third kappa shape index (κ3) is 1.91. The van der Waals surface area contributed by atoms with Gasteiger partial charge in [-0.1, -0.05) is 78.9 Å². The van der Waals surface area contributed by atoms with Crippen LogP contribution in [-0.2, 0) is 0 Å². The molecule has 2 nitrogen and oxygen atoms in total. The maximum absolute atomic E-state index is 13.2. The van der Waals surface area contributed by atoms with Gasteiger partial charge in [0.1, 0.15) is 5.92 Å². The van der Waals surface area contributed by atoms with Crippen LogP contribution in [0.4, 0.5) is 0 Å². The first-order valence-corrected chi connectivity index (χ1v) is 8.33. The van der Waals surface area contributed by atoms with E-state index in [9.17, 15) is 9.59 Å². The number of hydrogen-bond acceptors (Lipinski definition) is 2. The fraction of sp³-hybridized carbons (Fsp3) is 0.0435. The van der Waals surface area contributed by atoms with E-state index in [1.165, 1.54) is 0 Å². The van der Waals surface area contributed by atoms with Gasteiger partial charge in [0.05, 0.1) is 0 Å². The zero-order valence-electron chi connectivity index (χ0n) is 13.4. The smallest absolute Gasteiger partial charge is 0.178 e. The van der Waals surface area contributed by atoms with E-state index in [0.29, 0.717) is 11.1 Å². The fourth-order valence-corrected chi connectivity index (χ4v) is 3.97. The van der Waals surface area contributed by atoms with Gasteiger partial charge in [0.2, 0.25) is 0 Å². The first-order chi connectivity index (χ1) is 12.3. The molecule has 0 fully saturated rings. The molecule has 0 aliphatic heterocycles. The summed E-state index contributed by atoms with van der Waals surface area (Å²) in [5.41, 5.74) is 2.08. The predicted molar refractivity (Wildman–Crippen MR) is 99.3 cm³/mol. The maximum atomic E-state index is 13.2. The molecule has 0 saturated carbocycles. The molecule has 0 bridgehead atoms. The zero-order chi connectivity index (χ0) is 17.0. The molecule has 5 rings (SSSR count). The highest BCUT2D eigenvalue weighted by Gasteiger charge is 2.37. The fourth-order valence-electron chi connectivity index (χ4n) is 3.97. The van der Waals surface area contributed by atoms with E-state index in [0.717, 1.165) is 27.1 Å². The van der Waals surface area contributed by atoms with Gasteiger partial charge >= 0.3 is 0 Å². The van der Waals surface area contributed by atoms with E-state index in [2.05, 4.69) is 0 Å². The van der Waals surface area contributed by atoms with E-state index >= 15 is 0 Å². The number of hydrogen-bond donors (Lipinski definition) is 0. The molecule has 25 heavy (non-hydrogen) atoms. The Morgan fingerprint density at radius 2 is 1.12 bits per heavy atom. The maximum Gasteiger partial charge on any atom is 0.178 e. The Balaban J connectivity index is 1.82. The monoisotopic (exact) mass is 322 g/mol. The highest BCUT2D eigenvalue weighted by molar-refractivity contribution is 6.32. The van der Waals surface area contributed by atoms with Crippen molar-refractivity contribution in [1.82, 2.24) is 0 Å². The van der Waals surface area contributed by atoms with Crippen LogP contribution < -0.4 is 0 Å². The lowest BCUT2D eigenvalue weighted by Crippen LogP contribution is -2.27. The van der Waals surface area contributed by atoms with Crippen LogP contribution >= 0.6 is 0 Å². The molecule has 0 N–H and O–H groups in total. The molecule has 0 amide bonds. The largest absolute Gasteiger partial charge is 0.293 e. The van der Waals surface area contributed by atoms with Crippen molar-refractivity contribution in [2.45, 2.75) is 5.92 Å². The second-order valence-corrected chi connectivity index (χ2v) is 6.44. The van der Waals surface area contributed by atoms with Crippen molar-refractivity contribution in [3.63, 3.8) is 0 Å². The molecule has 1 aliphatic rings. The van der Waals surface area contributed by atoms with Crippen molar-refractivity contribution in [2.75, 3.05) is 0 Å². The Morgan fingerprint density at radius 3 is 1.84 bits per heavy atom. The van der Waals surface area contributed by atoms with E-state index in [-0.39, 0.29) is 11.6 Å². The van der Waals surface area contributed by atoms with Gasteiger partial charge in [0.15, 0.2) is 11.6 Å². The molecule has 0 spiro atoms. The number of ketones is 2. The van der Waals surface area contributed by atoms with Crippen molar-refractivity contribution in [3.05, 3.63) is 95.6 Å². The molecule has 2 heteroatoms. The Bertz CT molecular complexity index is 1130. The Kier molecular flexibility index (Phi) is 2.89. The number of benzene rings is 4. The number of rotatable bonds is 1. The minimum Gasteiger partial charge on any atom is -0.293 e. The van der Waals surface area contributed by atoms with Gasteiger partial charge in [-0.25, -0.2) is 0 Å². The number of carbonyl (C=O) groups is 2. The molecule has 4 aromatic carbocycles. The highest BCUT2D eigenvalue weighted by atomic mass is 16.2. The van der Waals surface area contributed by atoms with Gasteiger partial charge in [0.25, 0.3) is 0 Å². The van der Waals surface area contributed by atoms with E-state index < -0.39 is 5.92 Å². The van der Waals surface area contributed by atoms with Crippen LogP contribution in [0.5, 0.6) is 0 Å². The van der Waals surface area contributed by atoms with Crippen molar-refractivity contribution in [2.24, 2.45) is 0 Å². The first-order valence-electron chi connectivity index (χ1n) is 8.33. The second kappa shape index (κ2) is 5.12. The van der Waals surface area contributed by atoms with Gasteiger partial charge in [-0.15, -0.1) is 0 Å². The van der Waals surface area contributed by atoms with Crippen LogP contribution in [-0.4, -0.2) is 11.6 Å². The Morgan fingerprint density at radius 1 is 0.560 bits per heavy atom. The molecule has 118 valence electrons. The topological polar surface area (TPSA) is 34.1 Å². The Hall–Kier alpha value is -3.26. The predicted octanol–water partition coefficient (Wildman–Crippen LogP) is 5.16. The van der Waals surface area contributed by atoms with E-state index in [1.54, 1.807) is 0 Å². The van der Waals surface area contributed by atoms with Crippen LogP contribution in [0.25, 0.3) is 21.5 Å². The molecule has 0 aromatic heterocycles. The normalized spacial score (nSPS) is 14.4. The lowest BCUT2D eigenvalue weighted by atomic mass is 9.76. The zero-order valence-corrected chi connectivity index (χ0v) is 13.4. The van der Waals surface area contributed by atoms with Crippen LogP contribution in [0.15, 0.2) is 78.9 Å². The van der Waals surface area contributed by atoms with Gasteiger partial charge in [-0.3, -0.25) is 9.59 Å². The molecule has 1 aliphatic carbocycles. The highest BCUT2D eigenvalue weighted by Crippen LogP contribution is 2.38. The molecule has 0 radical (unpaired) electrons. The Labute approximate surface area is 144 Å². The first kappa shape index (κ1) is 14.1. The summed E-state index contributed by atoms with van der Waals surface area (Å²) in [7, 11) is 0. The summed E-state index contributed by atoms with van der Waals surface area (Å²) < 4.78 is 0. The summed E-state index contributed by atoms with van der Waals surface area (Å²) in [4.78, 5) is 26.5. The molecule has 0 heterocycles. The number of Topliss-reactive ketones (excluding diaryl/α,β-unsaturated/α-hetero) is 2. The quantitative estimate of drug-likeness (QED) is 0.454. The van der Waals surface area contributed by atoms with Crippen molar-refractivity contribution in [3.8, 4) is 0 Å². The second-order valence-electron chi connectivity index (χ2n) is 6.44. The number of carbonyl (C=O) groups excluding carboxylic acids is 2. The SMILES string of the molecule is O=C1c2cccc3cccc(c23)C(=O)C1c1cccc2ccccc12. The van der Waals surface area contributed by atoms with E-state index in [4.69, 9.17) is 0 Å². The molecular weight excluding hydrogens is 308 g/mol. The van der Waals surface area contributed by atoms with E-state index in [1.807, 2.05) is 78.9 Å². The van der Waals surface area contributed by atoms with Crippen LogP contribution in [0.1, 0.15) is 32.2 Å². The summed E-state index contributed by atoms with van der Waals surface area (Å²) in [6, 6.07) is 25.0. The summed E-state index contributed by atoms with van der Waals surface area (Å²) >= 11 is 0. The summed E-state index contributed by atoms with van der Waals surface area (Å²) in [6.45, 7) is 0. The minimum absolute atomic E-state index is 0.106. The average Bonchev–Trinajstić information content (AvgIpc) is 2.66. The van der Waals surface area contributed by atoms with Gasteiger partial charge < -0.3 is 0 Å². The molecule has 0 atom stereocenters. The molecule has 0 saturated heterocycles. The molecule has 4 aromatic rings. The summed E-state index contributed by atoms with van der Waals surface area (Å²) in [6.07, 6.45) is 0. The van der Waals surface area contributed by atoms with Gasteiger partial charge in [0, 0.05) is 16.5 Å². The third-order valence-corrected chi connectivity index (χ3v) is 5.09. The van der Waals surface area contributed by atoms with Gasteiger partial charge in [-0.2, -0.15) is 0 Å².